The number of aliphatic hydroxyl groups is 1. The van der Waals surface area contributed by atoms with Crippen molar-refractivity contribution >= 4 is 5.91 Å². The molecule has 1 aromatic carbocycles. The predicted molar refractivity (Wildman–Crippen MR) is 111 cm³/mol. The number of benzene rings is 1. The van der Waals surface area contributed by atoms with Crippen LogP contribution in [0.3, 0.4) is 0 Å². The van der Waals surface area contributed by atoms with Crippen LogP contribution in [0.25, 0.3) is 0 Å². The van der Waals surface area contributed by atoms with E-state index in [0.717, 1.165) is 16.8 Å². The standard InChI is InChI=1S/C23H24N4O2/c1-17-20(10-9-19-13-25-27(3)15-19)12-21(14-24-17)23(29)26(2)16-22(28)11-18-7-5-4-6-8-18/h4-8,12-15,22,28H,11,16H2,1-3H3/t22-/m0/s1. The summed E-state index contributed by atoms with van der Waals surface area (Å²) in [5, 5.41) is 14.4. The first-order valence-electron chi connectivity index (χ1n) is 9.37. The zero-order valence-corrected chi connectivity index (χ0v) is 16.8. The van der Waals surface area contributed by atoms with Gasteiger partial charge in [-0.1, -0.05) is 42.2 Å². The molecule has 0 aliphatic rings. The summed E-state index contributed by atoms with van der Waals surface area (Å²) in [6, 6.07) is 11.5. The van der Waals surface area contributed by atoms with Gasteiger partial charge in [-0.25, -0.2) is 0 Å². The average Bonchev–Trinajstić information content (AvgIpc) is 3.12. The molecule has 29 heavy (non-hydrogen) atoms. The number of hydrogen-bond donors (Lipinski definition) is 1. The summed E-state index contributed by atoms with van der Waals surface area (Å²) in [7, 11) is 3.51. The highest BCUT2D eigenvalue weighted by atomic mass is 16.3. The highest BCUT2D eigenvalue weighted by Gasteiger charge is 2.17. The van der Waals surface area contributed by atoms with E-state index in [4.69, 9.17) is 0 Å². The zero-order valence-electron chi connectivity index (χ0n) is 16.8. The van der Waals surface area contributed by atoms with Crippen molar-refractivity contribution in [1.29, 1.82) is 0 Å². The van der Waals surface area contributed by atoms with Gasteiger partial charge in [-0.2, -0.15) is 5.10 Å². The lowest BCUT2D eigenvalue weighted by Crippen LogP contribution is -2.35. The Hall–Kier alpha value is -3.43. The summed E-state index contributed by atoms with van der Waals surface area (Å²) in [5.74, 6) is 5.90. The molecule has 0 aliphatic heterocycles. The smallest absolute Gasteiger partial charge is 0.255 e. The number of rotatable bonds is 5. The van der Waals surface area contributed by atoms with E-state index in [0.29, 0.717) is 17.5 Å². The zero-order chi connectivity index (χ0) is 20.8. The van der Waals surface area contributed by atoms with Crippen molar-refractivity contribution in [1.82, 2.24) is 19.7 Å². The van der Waals surface area contributed by atoms with E-state index in [2.05, 4.69) is 21.9 Å². The fourth-order valence-electron chi connectivity index (χ4n) is 2.97. The SMILES string of the molecule is Cc1ncc(C(=O)N(C)C[C@@H](O)Cc2ccccc2)cc1C#Cc1cnn(C)c1. The van der Waals surface area contributed by atoms with Crippen molar-refractivity contribution in [2.45, 2.75) is 19.4 Å². The topological polar surface area (TPSA) is 71.2 Å². The van der Waals surface area contributed by atoms with Crippen LogP contribution < -0.4 is 0 Å². The number of amides is 1. The average molecular weight is 388 g/mol. The Bertz CT molecular complexity index is 1050. The van der Waals surface area contributed by atoms with E-state index in [9.17, 15) is 9.90 Å². The van der Waals surface area contributed by atoms with E-state index in [1.54, 1.807) is 30.2 Å². The van der Waals surface area contributed by atoms with E-state index in [-0.39, 0.29) is 12.5 Å². The molecule has 2 aromatic heterocycles. The number of aliphatic hydroxyl groups excluding tert-OH is 1. The minimum Gasteiger partial charge on any atom is -0.391 e. The monoisotopic (exact) mass is 388 g/mol. The molecule has 0 saturated carbocycles. The van der Waals surface area contributed by atoms with Crippen molar-refractivity contribution in [3.8, 4) is 11.8 Å². The highest BCUT2D eigenvalue weighted by Crippen LogP contribution is 2.11. The molecule has 0 radical (unpaired) electrons. The number of nitrogens with zero attached hydrogens (tertiary/aromatic N) is 4. The molecule has 0 aliphatic carbocycles. The third-order valence-electron chi connectivity index (χ3n) is 4.53. The molecular formula is C23H24N4O2. The van der Waals surface area contributed by atoms with E-state index >= 15 is 0 Å². The highest BCUT2D eigenvalue weighted by molar-refractivity contribution is 5.94. The normalized spacial score (nSPS) is 11.4. The van der Waals surface area contributed by atoms with Crippen LogP contribution in [0.2, 0.25) is 0 Å². The molecule has 6 nitrogen and oxygen atoms in total. The maximum absolute atomic E-state index is 12.8. The number of carbonyl (C=O) groups excluding carboxylic acids is 1. The van der Waals surface area contributed by atoms with Crippen molar-refractivity contribution in [2.75, 3.05) is 13.6 Å². The van der Waals surface area contributed by atoms with Crippen molar-refractivity contribution in [3.05, 3.63) is 82.9 Å². The molecule has 3 aromatic rings. The largest absolute Gasteiger partial charge is 0.391 e. The summed E-state index contributed by atoms with van der Waals surface area (Å²) in [6.45, 7) is 2.09. The molecule has 148 valence electrons. The van der Waals surface area contributed by atoms with Crippen LogP contribution in [-0.2, 0) is 13.5 Å². The minimum atomic E-state index is -0.644. The van der Waals surface area contributed by atoms with Crippen LogP contribution in [0.15, 0.2) is 55.0 Å². The van der Waals surface area contributed by atoms with Gasteiger partial charge >= 0.3 is 0 Å². The minimum absolute atomic E-state index is 0.200. The van der Waals surface area contributed by atoms with Crippen LogP contribution in [0.5, 0.6) is 0 Å². The molecule has 0 fully saturated rings. The van der Waals surface area contributed by atoms with Gasteiger partial charge in [0.15, 0.2) is 0 Å². The maximum Gasteiger partial charge on any atom is 0.255 e. The second-order valence-corrected chi connectivity index (χ2v) is 7.04. The van der Waals surface area contributed by atoms with Gasteiger partial charge in [0, 0.05) is 45.0 Å². The molecule has 2 heterocycles. The molecule has 0 spiro atoms. The van der Waals surface area contributed by atoms with E-state index < -0.39 is 6.10 Å². The quantitative estimate of drug-likeness (QED) is 0.680. The van der Waals surface area contributed by atoms with Crippen LogP contribution in [-0.4, -0.2) is 50.4 Å². The van der Waals surface area contributed by atoms with Crippen molar-refractivity contribution in [3.63, 3.8) is 0 Å². The Morgan fingerprint density at radius 1 is 1.24 bits per heavy atom. The Labute approximate surface area is 170 Å². The van der Waals surface area contributed by atoms with Crippen molar-refractivity contribution < 1.29 is 9.90 Å². The maximum atomic E-state index is 12.8. The number of likely N-dealkylation sites (N-methyl/N-ethyl adjacent to an activating group) is 1. The van der Waals surface area contributed by atoms with Crippen LogP contribution in [0.4, 0.5) is 0 Å². The Kier molecular flexibility index (Phi) is 6.43. The van der Waals surface area contributed by atoms with Gasteiger partial charge in [0.2, 0.25) is 0 Å². The lowest BCUT2D eigenvalue weighted by Gasteiger charge is -2.21. The van der Waals surface area contributed by atoms with Gasteiger partial charge in [0.25, 0.3) is 5.91 Å². The first kappa shape index (κ1) is 20.3. The molecule has 1 N–H and O–H groups in total. The Morgan fingerprint density at radius 2 is 2.00 bits per heavy atom. The van der Waals surface area contributed by atoms with Crippen LogP contribution >= 0.6 is 0 Å². The van der Waals surface area contributed by atoms with Gasteiger partial charge in [0.1, 0.15) is 0 Å². The second kappa shape index (κ2) is 9.18. The van der Waals surface area contributed by atoms with Gasteiger partial charge in [0.05, 0.1) is 29.1 Å². The fraction of sp³-hybridized carbons (Fsp3) is 0.261. The third-order valence-corrected chi connectivity index (χ3v) is 4.53. The van der Waals surface area contributed by atoms with Gasteiger partial charge in [-0.3, -0.25) is 14.5 Å². The number of carbonyl (C=O) groups is 1. The molecule has 0 unspecified atom stereocenters. The number of hydrogen-bond acceptors (Lipinski definition) is 4. The fourth-order valence-corrected chi connectivity index (χ4v) is 2.97. The summed E-state index contributed by atoms with van der Waals surface area (Å²) in [6.07, 6.45) is 4.91. The summed E-state index contributed by atoms with van der Waals surface area (Å²) >= 11 is 0. The summed E-state index contributed by atoms with van der Waals surface area (Å²) < 4.78 is 1.69. The van der Waals surface area contributed by atoms with Crippen LogP contribution in [0.1, 0.15) is 32.7 Å². The first-order valence-corrected chi connectivity index (χ1v) is 9.37. The molecular weight excluding hydrogens is 364 g/mol. The van der Waals surface area contributed by atoms with Crippen LogP contribution in [0, 0.1) is 18.8 Å². The molecule has 6 heteroatoms. The number of pyridine rings is 1. The molecule has 1 atom stereocenters. The van der Waals surface area contributed by atoms with Gasteiger partial charge < -0.3 is 10.0 Å². The van der Waals surface area contributed by atoms with E-state index in [1.165, 1.54) is 4.90 Å². The second-order valence-electron chi connectivity index (χ2n) is 7.04. The predicted octanol–water partition coefficient (Wildman–Crippen LogP) is 2.20. The van der Waals surface area contributed by atoms with Crippen molar-refractivity contribution in [2.24, 2.45) is 7.05 Å². The van der Waals surface area contributed by atoms with Gasteiger partial charge in [-0.05, 0) is 18.6 Å². The molecule has 3 rings (SSSR count). The van der Waals surface area contributed by atoms with E-state index in [1.807, 2.05) is 50.5 Å². The molecule has 0 bridgehead atoms. The summed E-state index contributed by atoms with van der Waals surface area (Å²) in [4.78, 5) is 18.6. The third kappa shape index (κ3) is 5.53. The first-order chi connectivity index (χ1) is 13.9. The lowest BCUT2D eigenvalue weighted by atomic mass is 10.1. The Morgan fingerprint density at radius 3 is 2.69 bits per heavy atom. The van der Waals surface area contributed by atoms with Gasteiger partial charge in [-0.15, -0.1) is 0 Å². The lowest BCUT2D eigenvalue weighted by molar-refractivity contribution is 0.0681. The number of aryl methyl sites for hydroxylation is 2. The Balaban J connectivity index is 1.69. The molecule has 0 saturated heterocycles. The molecule has 1 amide bonds. The number of aromatic nitrogens is 3. The summed E-state index contributed by atoms with van der Waals surface area (Å²) in [5.41, 5.74) is 3.72.